The summed E-state index contributed by atoms with van der Waals surface area (Å²) in [6, 6.07) is 26.1. The van der Waals surface area contributed by atoms with Crippen LogP contribution in [0.2, 0.25) is 0 Å². The molecule has 0 radical (unpaired) electrons. The molecule has 0 aromatic heterocycles. The maximum Gasteiger partial charge on any atom is 0.0283 e. The third-order valence-electron chi connectivity index (χ3n) is 3.77. The molecule has 110 valence electrons. The first-order valence-electron chi connectivity index (χ1n) is 7.21. The van der Waals surface area contributed by atoms with E-state index in [9.17, 15) is 0 Å². The zero-order chi connectivity index (χ0) is 15.4. The van der Waals surface area contributed by atoms with E-state index in [2.05, 4.69) is 105 Å². The van der Waals surface area contributed by atoms with Gasteiger partial charge in [0, 0.05) is 10.7 Å². The van der Waals surface area contributed by atoms with Crippen LogP contribution in [-0.4, -0.2) is 0 Å². The Kier molecular flexibility index (Phi) is 5.12. The second-order valence-corrected chi connectivity index (χ2v) is 6.33. The third kappa shape index (κ3) is 3.34. The summed E-state index contributed by atoms with van der Waals surface area (Å²) in [4.78, 5) is 0. The van der Waals surface area contributed by atoms with Crippen molar-refractivity contribution in [2.75, 3.05) is 0 Å². The normalized spacial score (nSPS) is 10.6. The molecular weight excluding hydrogens is 400 g/mol. The van der Waals surface area contributed by atoms with Crippen molar-refractivity contribution in [3.63, 3.8) is 0 Å². The predicted molar refractivity (Wildman–Crippen MR) is 103 cm³/mol. The Morgan fingerprint density at radius 3 is 1.18 bits per heavy atom. The van der Waals surface area contributed by atoms with Crippen LogP contribution in [-0.2, 0) is 10.7 Å². The fourth-order valence-electron chi connectivity index (χ4n) is 2.53. The molecule has 0 amide bonds. The van der Waals surface area contributed by atoms with E-state index in [-0.39, 0.29) is 0 Å². The number of rotatable bonds is 4. The molecule has 0 N–H and O–H groups in total. The maximum absolute atomic E-state index is 3.50. The minimum Gasteiger partial charge on any atom is -0.0876 e. The van der Waals surface area contributed by atoms with E-state index < -0.39 is 0 Å². The standard InChI is InChI=1S/C20H16Br2/c21-13-15-5-9-17(10-6-15)19-3-1-2-4-20(19)18-11-7-16(14-22)8-12-18/h1-12H,13-14H2. The lowest BCUT2D eigenvalue weighted by molar-refractivity contribution is 1.43. The van der Waals surface area contributed by atoms with Crippen LogP contribution in [0.3, 0.4) is 0 Å². The summed E-state index contributed by atoms with van der Waals surface area (Å²) in [5.74, 6) is 0. The minimum absolute atomic E-state index is 0.892. The van der Waals surface area contributed by atoms with Crippen LogP contribution in [0, 0.1) is 0 Å². The number of benzene rings is 3. The molecule has 0 heterocycles. The topological polar surface area (TPSA) is 0 Å². The average Bonchev–Trinajstić information content (AvgIpc) is 2.62. The van der Waals surface area contributed by atoms with Gasteiger partial charge in [0.1, 0.15) is 0 Å². The Morgan fingerprint density at radius 2 is 0.864 bits per heavy atom. The van der Waals surface area contributed by atoms with Crippen LogP contribution in [0.1, 0.15) is 11.1 Å². The highest BCUT2D eigenvalue weighted by atomic mass is 79.9. The molecule has 0 saturated heterocycles. The Bertz CT molecular complexity index is 677. The van der Waals surface area contributed by atoms with Gasteiger partial charge in [-0.25, -0.2) is 0 Å². The lowest BCUT2D eigenvalue weighted by Gasteiger charge is -2.11. The summed E-state index contributed by atoms with van der Waals surface area (Å²) in [7, 11) is 0. The second kappa shape index (κ2) is 7.26. The maximum atomic E-state index is 3.50. The SMILES string of the molecule is BrCc1ccc(-c2ccccc2-c2ccc(CBr)cc2)cc1. The lowest BCUT2D eigenvalue weighted by Crippen LogP contribution is -1.86. The first-order valence-corrected chi connectivity index (χ1v) is 9.45. The van der Waals surface area contributed by atoms with E-state index in [0.717, 1.165) is 10.7 Å². The molecule has 0 saturated carbocycles. The summed E-state index contributed by atoms with van der Waals surface area (Å²) >= 11 is 7.00. The highest BCUT2D eigenvalue weighted by Crippen LogP contribution is 2.32. The van der Waals surface area contributed by atoms with Crippen molar-refractivity contribution in [3.05, 3.63) is 83.9 Å². The van der Waals surface area contributed by atoms with Crippen LogP contribution in [0.15, 0.2) is 72.8 Å². The minimum atomic E-state index is 0.892. The van der Waals surface area contributed by atoms with Gasteiger partial charge in [-0.3, -0.25) is 0 Å². The lowest BCUT2D eigenvalue weighted by atomic mass is 9.94. The Morgan fingerprint density at radius 1 is 0.500 bits per heavy atom. The van der Waals surface area contributed by atoms with Gasteiger partial charge in [0.05, 0.1) is 0 Å². The molecule has 2 heteroatoms. The van der Waals surface area contributed by atoms with Crippen LogP contribution in [0.25, 0.3) is 22.3 Å². The van der Waals surface area contributed by atoms with Gasteiger partial charge in [-0.15, -0.1) is 0 Å². The molecule has 3 aromatic rings. The van der Waals surface area contributed by atoms with E-state index in [1.807, 2.05) is 0 Å². The van der Waals surface area contributed by atoms with Crippen molar-refractivity contribution in [3.8, 4) is 22.3 Å². The highest BCUT2D eigenvalue weighted by molar-refractivity contribution is 9.08. The average molecular weight is 416 g/mol. The first kappa shape index (κ1) is 15.5. The van der Waals surface area contributed by atoms with E-state index >= 15 is 0 Å². The Labute approximate surface area is 148 Å². The molecule has 0 aliphatic carbocycles. The zero-order valence-electron chi connectivity index (χ0n) is 12.1. The fourth-order valence-corrected chi connectivity index (χ4v) is 3.28. The van der Waals surface area contributed by atoms with Crippen LogP contribution in [0.4, 0.5) is 0 Å². The van der Waals surface area contributed by atoms with E-state index in [4.69, 9.17) is 0 Å². The van der Waals surface area contributed by atoms with Crippen LogP contribution in [0.5, 0.6) is 0 Å². The molecule has 3 aromatic carbocycles. The second-order valence-electron chi connectivity index (χ2n) is 5.21. The number of hydrogen-bond donors (Lipinski definition) is 0. The molecule has 3 rings (SSSR count). The van der Waals surface area contributed by atoms with Crippen molar-refractivity contribution in [2.24, 2.45) is 0 Å². The predicted octanol–water partition coefficient (Wildman–Crippen LogP) is 6.81. The van der Waals surface area contributed by atoms with Crippen LogP contribution >= 0.6 is 31.9 Å². The van der Waals surface area contributed by atoms with Gasteiger partial charge in [0.15, 0.2) is 0 Å². The van der Waals surface area contributed by atoms with Gasteiger partial charge in [-0.2, -0.15) is 0 Å². The van der Waals surface area contributed by atoms with Gasteiger partial charge in [0.25, 0.3) is 0 Å². The smallest absolute Gasteiger partial charge is 0.0283 e. The fraction of sp³-hybridized carbons (Fsp3) is 0.100. The highest BCUT2D eigenvalue weighted by Gasteiger charge is 2.07. The van der Waals surface area contributed by atoms with Gasteiger partial charge in [-0.05, 0) is 33.4 Å². The largest absolute Gasteiger partial charge is 0.0876 e. The number of hydrogen-bond acceptors (Lipinski definition) is 0. The van der Waals surface area contributed by atoms with E-state index in [1.165, 1.54) is 33.4 Å². The van der Waals surface area contributed by atoms with Gasteiger partial charge in [-0.1, -0.05) is 105 Å². The van der Waals surface area contributed by atoms with Gasteiger partial charge in [0.2, 0.25) is 0 Å². The van der Waals surface area contributed by atoms with Gasteiger partial charge < -0.3 is 0 Å². The molecule has 0 fully saturated rings. The van der Waals surface area contributed by atoms with Crippen molar-refractivity contribution in [2.45, 2.75) is 10.7 Å². The van der Waals surface area contributed by atoms with Crippen molar-refractivity contribution in [1.82, 2.24) is 0 Å². The molecule has 0 aliphatic rings. The van der Waals surface area contributed by atoms with E-state index in [0.29, 0.717) is 0 Å². The summed E-state index contributed by atoms with van der Waals surface area (Å²) in [5, 5.41) is 1.78. The number of alkyl halides is 2. The van der Waals surface area contributed by atoms with Crippen molar-refractivity contribution >= 4 is 31.9 Å². The number of halogens is 2. The molecule has 0 bridgehead atoms. The molecule has 0 nitrogen and oxygen atoms in total. The third-order valence-corrected chi connectivity index (χ3v) is 5.06. The Balaban J connectivity index is 2.04. The van der Waals surface area contributed by atoms with Crippen molar-refractivity contribution < 1.29 is 0 Å². The van der Waals surface area contributed by atoms with E-state index in [1.54, 1.807) is 0 Å². The Hall–Kier alpha value is -1.38. The molecule has 0 atom stereocenters. The van der Waals surface area contributed by atoms with Crippen LogP contribution < -0.4 is 0 Å². The molecule has 0 spiro atoms. The molecule has 0 unspecified atom stereocenters. The van der Waals surface area contributed by atoms with Gasteiger partial charge >= 0.3 is 0 Å². The summed E-state index contributed by atoms with van der Waals surface area (Å²) in [6.45, 7) is 0. The summed E-state index contributed by atoms with van der Waals surface area (Å²) in [5.41, 5.74) is 7.64. The molecule has 0 aliphatic heterocycles. The molecular formula is C20H16Br2. The quantitative estimate of drug-likeness (QED) is 0.410. The monoisotopic (exact) mass is 414 g/mol. The zero-order valence-corrected chi connectivity index (χ0v) is 15.3. The first-order chi connectivity index (χ1) is 10.8. The summed E-state index contributed by atoms with van der Waals surface area (Å²) in [6.07, 6.45) is 0. The summed E-state index contributed by atoms with van der Waals surface area (Å²) < 4.78 is 0. The molecule has 22 heavy (non-hydrogen) atoms. The van der Waals surface area contributed by atoms with Crippen molar-refractivity contribution in [1.29, 1.82) is 0 Å².